The van der Waals surface area contributed by atoms with Gasteiger partial charge in [-0.1, -0.05) is 81.4 Å². The summed E-state index contributed by atoms with van der Waals surface area (Å²) in [5.74, 6) is -1.12. The van der Waals surface area contributed by atoms with E-state index in [4.69, 9.17) is 9.16 Å². The number of carboxylic acids is 1. The second-order valence-electron chi connectivity index (χ2n) is 10.6. The maximum absolute atomic E-state index is 12.8. The van der Waals surface area contributed by atoms with E-state index >= 15 is 0 Å². The first-order valence-corrected chi connectivity index (χ1v) is 15.2. The number of carbonyl (C=O) groups excluding carboxylic acids is 1. The molecule has 2 aromatic carbocycles. The highest BCUT2D eigenvalue weighted by Crippen LogP contribution is 2.38. The molecule has 1 aromatic heterocycles. The molecule has 8 heteroatoms. The SMILES string of the molecule is CC(C)(C)[Si](C)(C)O[C@H](C(=O)O)[C@@H](Cc1ccc(-c2cccnc2)cc1)NC(=O)OCc1ccccc1. The minimum atomic E-state index is -2.47. The van der Waals surface area contributed by atoms with E-state index in [1.807, 2.05) is 101 Å². The van der Waals surface area contributed by atoms with Crippen LogP contribution >= 0.6 is 0 Å². The van der Waals surface area contributed by atoms with Crippen LogP contribution in [0.5, 0.6) is 0 Å². The number of rotatable bonds is 10. The molecule has 37 heavy (non-hydrogen) atoms. The molecule has 196 valence electrons. The van der Waals surface area contributed by atoms with Gasteiger partial charge >= 0.3 is 12.1 Å². The third-order valence-corrected chi connectivity index (χ3v) is 11.2. The Hall–Kier alpha value is -3.49. The van der Waals surface area contributed by atoms with Crippen molar-refractivity contribution < 1.29 is 23.9 Å². The lowest BCUT2D eigenvalue weighted by Crippen LogP contribution is -2.55. The van der Waals surface area contributed by atoms with Gasteiger partial charge in [0, 0.05) is 12.4 Å². The van der Waals surface area contributed by atoms with Crippen molar-refractivity contribution in [2.45, 2.75) is 64.1 Å². The summed E-state index contributed by atoms with van der Waals surface area (Å²) < 4.78 is 11.7. The number of hydrogen-bond acceptors (Lipinski definition) is 5. The van der Waals surface area contributed by atoms with Crippen molar-refractivity contribution in [3.8, 4) is 11.1 Å². The first-order chi connectivity index (χ1) is 17.5. The Morgan fingerprint density at radius 3 is 2.19 bits per heavy atom. The smallest absolute Gasteiger partial charge is 0.407 e. The van der Waals surface area contributed by atoms with Crippen LogP contribution in [0.25, 0.3) is 11.1 Å². The summed E-state index contributed by atoms with van der Waals surface area (Å²) in [6.45, 7) is 10.2. The highest BCUT2D eigenvalue weighted by atomic mass is 28.4. The summed E-state index contributed by atoms with van der Waals surface area (Å²) in [4.78, 5) is 29.4. The van der Waals surface area contributed by atoms with E-state index in [1.165, 1.54) is 0 Å². The number of carbonyl (C=O) groups is 2. The van der Waals surface area contributed by atoms with Crippen molar-refractivity contribution in [1.29, 1.82) is 0 Å². The average Bonchev–Trinajstić information content (AvgIpc) is 2.86. The number of amides is 1. The summed E-state index contributed by atoms with van der Waals surface area (Å²) in [5, 5.41) is 12.7. The molecule has 0 fully saturated rings. The number of nitrogens with zero attached hydrogens (tertiary/aromatic N) is 1. The van der Waals surface area contributed by atoms with E-state index in [0.717, 1.165) is 22.3 Å². The molecule has 0 radical (unpaired) electrons. The van der Waals surface area contributed by atoms with E-state index in [2.05, 4.69) is 10.3 Å². The number of nitrogens with one attached hydrogen (secondary N) is 1. The highest BCUT2D eigenvalue weighted by molar-refractivity contribution is 6.74. The molecular weight excluding hydrogens is 484 g/mol. The predicted octanol–water partition coefficient (Wildman–Crippen LogP) is 6.06. The minimum Gasteiger partial charge on any atom is -0.479 e. The van der Waals surface area contributed by atoms with E-state index in [9.17, 15) is 14.7 Å². The fourth-order valence-corrected chi connectivity index (χ4v) is 4.82. The molecule has 1 amide bonds. The van der Waals surface area contributed by atoms with Crippen LogP contribution in [0.4, 0.5) is 4.79 Å². The van der Waals surface area contributed by atoms with Crippen molar-refractivity contribution in [3.05, 3.63) is 90.3 Å². The molecule has 0 unspecified atom stereocenters. The summed E-state index contributed by atoms with van der Waals surface area (Å²) in [7, 11) is -2.47. The molecule has 3 rings (SSSR count). The zero-order chi connectivity index (χ0) is 27.1. The highest BCUT2D eigenvalue weighted by Gasteiger charge is 2.43. The Bertz CT molecular complexity index is 1160. The van der Waals surface area contributed by atoms with E-state index < -0.39 is 32.5 Å². The van der Waals surface area contributed by atoms with Crippen LogP contribution in [0.1, 0.15) is 31.9 Å². The average molecular weight is 521 g/mol. The molecule has 0 aliphatic carbocycles. The zero-order valence-electron chi connectivity index (χ0n) is 22.1. The first-order valence-electron chi connectivity index (χ1n) is 12.3. The lowest BCUT2D eigenvalue weighted by Gasteiger charge is -2.40. The van der Waals surface area contributed by atoms with Gasteiger partial charge in [-0.3, -0.25) is 4.98 Å². The number of alkyl carbamates (subject to hydrolysis) is 1. The van der Waals surface area contributed by atoms with Crippen molar-refractivity contribution in [2.75, 3.05) is 0 Å². The Kier molecular flexibility index (Phi) is 9.23. The predicted molar refractivity (Wildman–Crippen MR) is 147 cm³/mol. The maximum Gasteiger partial charge on any atom is 0.407 e. The quantitative estimate of drug-likeness (QED) is 0.315. The molecule has 0 bridgehead atoms. The Balaban J connectivity index is 1.82. The fraction of sp³-hybridized carbons (Fsp3) is 0.345. The summed E-state index contributed by atoms with van der Waals surface area (Å²) in [6, 6.07) is 20.1. The van der Waals surface area contributed by atoms with Gasteiger partial charge in [-0.2, -0.15) is 0 Å². The van der Waals surface area contributed by atoms with Crippen LogP contribution < -0.4 is 5.32 Å². The number of benzene rings is 2. The largest absolute Gasteiger partial charge is 0.479 e. The third-order valence-electron chi connectivity index (χ3n) is 6.76. The molecule has 7 nitrogen and oxygen atoms in total. The summed E-state index contributed by atoms with van der Waals surface area (Å²) in [5.41, 5.74) is 3.69. The van der Waals surface area contributed by atoms with Gasteiger partial charge < -0.3 is 19.6 Å². The van der Waals surface area contributed by atoms with Gasteiger partial charge in [-0.25, -0.2) is 9.59 Å². The Labute approximate surface area is 220 Å². The fourth-order valence-electron chi connectivity index (χ4n) is 3.57. The van der Waals surface area contributed by atoms with Crippen molar-refractivity contribution >= 4 is 20.4 Å². The van der Waals surface area contributed by atoms with Crippen molar-refractivity contribution in [2.24, 2.45) is 0 Å². The van der Waals surface area contributed by atoms with E-state index in [0.29, 0.717) is 0 Å². The van der Waals surface area contributed by atoms with Crippen LogP contribution in [-0.2, 0) is 27.0 Å². The molecule has 2 atom stereocenters. The monoisotopic (exact) mass is 520 g/mol. The van der Waals surface area contributed by atoms with Gasteiger partial charge in [0.2, 0.25) is 0 Å². The molecule has 0 saturated heterocycles. The van der Waals surface area contributed by atoms with Crippen molar-refractivity contribution in [1.82, 2.24) is 10.3 Å². The van der Waals surface area contributed by atoms with Gasteiger partial charge in [0.1, 0.15) is 6.61 Å². The molecule has 1 heterocycles. The molecule has 0 spiro atoms. The molecule has 0 aliphatic rings. The molecule has 3 aromatic rings. The molecule has 0 aliphatic heterocycles. The summed E-state index contributed by atoms with van der Waals surface area (Å²) in [6.07, 6.45) is 1.85. The number of ether oxygens (including phenoxy) is 1. The number of carboxylic acid groups (broad SMARTS) is 1. The molecular formula is C29H36N2O5Si. The second kappa shape index (κ2) is 12.2. The van der Waals surface area contributed by atoms with Gasteiger partial charge in [0.05, 0.1) is 6.04 Å². The van der Waals surface area contributed by atoms with Crippen LogP contribution in [0.2, 0.25) is 18.1 Å². The summed E-state index contributed by atoms with van der Waals surface area (Å²) >= 11 is 0. The van der Waals surface area contributed by atoms with Gasteiger partial charge in [0.15, 0.2) is 14.4 Å². The topological polar surface area (TPSA) is 97.8 Å². The zero-order valence-corrected chi connectivity index (χ0v) is 23.1. The van der Waals surface area contributed by atoms with Crippen LogP contribution in [0.3, 0.4) is 0 Å². The van der Waals surface area contributed by atoms with Gasteiger partial charge in [-0.15, -0.1) is 0 Å². The lowest BCUT2D eigenvalue weighted by molar-refractivity contribution is -0.147. The minimum absolute atomic E-state index is 0.0834. The van der Waals surface area contributed by atoms with E-state index in [-0.39, 0.29) is 18.1 Å². The number of hydrogen-bond donors (Lipinski definition) is 2. The van der Waals surface area contributed by atoms with E-state index in [1.54, 1.807) is 12.4 Å². The number of aliphatic carboxylic acids is 1. The second-order valence-corrected chi connectivity index (χ2v) is 15.3. The van der Waals surface area contributed by atoms with Crippen LogP contribution in [-0.4, -0.2) is 42.6 Å². The molecule has 2 N–H and O–H groups in total. The Morgan fingerprint density at radius 2 is 1.62 bits per heavy atom. The van der Waals surface area contributed by atoms with Crippen molar-refractivity contribution in [3.63, 3.8) is 0 Å². The van der Waals surface area contributed by atoms with Gasteiger partial charge in [0.25, 0.3) is 0 Å². The number of pyridine rings is 1. The third kappa shape index (κ3) is 8.00. The van der Waals surface area contributed by atoms with Crippen LogP contribution in [0, 0.1) is 0 Å². The van der Waals surface area contributed by atoms with Gasteiger partial charge in [-0.05, 0) is 52.9 Å². The normalized spacial score (nSPS) is 13.4. The first kappa shape index (κ1) is 28.1. The maximum atomic E-state index is 12.8. The molecule has 0 saturated carbocycles. The standard InChI is InChI=1S/C29H36N2O5Si/c1-29(2,3)37(4,5)36-26(27(32)33)25(31-28(34)35-20-22-10-7-6-8-11-22)18-21-13-15-23(16-14-21)24-12-9-17-30-19-24/h6-17,19,25-26H,18,20H2,1-5H3,(H,31,34)(H,32,33)/t25-,26+/m1/s1. The van der Waals surface area contributed by atoms with Crippen LogP contribution in [0.15, 0.2) is 79.1 Å². The lowest BCUT2D eigenvalue weighted by atomic mass is 9.99. The Morgan fingerprint density at radius 1 is 0.946 bits per heavy atom. The number of aromatic nitrogens is 1.